The first-order chi connectivity index (χ1) is 10.0. The highest BCUT2D eigenvalue weighted by Crippen LogP contribution is 2.23. The standard InChI is InChI=1S/C14H21BrN2O3S/c15-13-6-5-11(10-16)9-14(13)21(18,19)17-7-8-20-12-3-1-2-4-12/h5-6,9,12,17H,1-4,7-8,10,16H2. The van der Waals surface area contributed by atoms with E-state index in [9.17, 15) is 8.42 Å². The minimum Gasteiger partial charge on any atom is -0.377 e. The van der Waals surface area contributed by atoms with Gasteiger partial charge in [-0.05, 0) is 46.5 Å². The number of benzene rings is 1. The Balaban J connectivity index is 1.91. The predicted molar refractivity (Wildman–Crippen MR) is 85.4 cm³/mol. The summed E-state index contributed by atoms with van der Waals surface area (Å²) < 4.78 is 33.3. The second-order valence-corrected chi connectivity index (χ2v) is 7.73. The van der Waals surface area contributed by atoms with Crippen molar-refractivity contribution in [3.63, 3.8) is 0 Å². The van der Waals surface area contributed by atoms with Crippen molar-refractivity contribution in [1.29, 1.82) is 0 Å². The van der Waals surface area contributed by atoms with Crippen LogP contribution in [0.1, 0.15) is 31.2 Å². The molecule has 0 atom stereocenters. The van der Waals surface area contributed by atoms with Crippen molar-refractivity contribution in [1.82, 2.24) is 4.72 Å². The van der Waals surface area contributed by atoms with E-state index < -0.39 is 10.0 Å². The third kappa shape index (κ3) is 4.75. The maximum Gasteiger partial charge on any atom is 0.241 e. The Hall–Kier alpha value is -0.470. The summed E-state index contributed by atoms with van der Waals surface area (Å²) in [4.78, 5) is 0.214. The molecule has 7 heteroatoms. The Labute approximate surface area is 134 Å². The number of hydrogen-bond acceptors (Lipinski definition) is 4. The van der Waals surface area contributed by atoms with Gasteiger partial charge in [-0.3, -0.25) is 0 Å². The Bertz CT molecular complexity index is 572. The SMILES string of the molecule is NCc1ccc(Br)c(S(=O)(=O)NCCOC2CCCC2)c1. The maximum atomic E-state index is 12.3. The second-order valence-electron chi connectivity index (χ2n) is 5.14. The quantitative estimate of drug-likeness (QED) is 0.714. The fourth-order valence-electron chi connectivity index (χ4n) is 2.42. The van der Waals surface area contributed by atoms with Crippen LogP contribution in [0.15, 0.2) is 27.6 Å². The van der Waals surface area contributed by atoms with Gasteiger partial charge in [0.25, 0.3) is 0 Å². The molecule has 5 nitrogen and oxygen atoms in total. The van der Waals surface area contributed by atoms with E-state index >= 15 is 0 Å². The molecule has 0 unspecified atom stereocenters. The molecule has 0 aliphatic heterocycles. The molecular weight excluding hydrogens is 356 g/mol. The largest absolute Gasteiger partial charge is 0.377 e. The lowest BCUT2D eigenvalue weighted by atomic mass is 10.2. The minimum absolute atomic E-state index is 0.214. The fourth-order valence-corrected chi connectivity index (χ4v) is 4.44. The fraction of sp³-hybridized carbons (Fsp3) is 0.571. The zero-order valence-electron chi connectivity index (χ0n) is 11.8. The minimum atomic E-state index is -3.55. The maximum absolute atomic E-state index is 12.3. The zero-order valence-corrected chi connectivity index (χ0v) is 14.2. The lowest BCUT2D eigenvalue weighted by Gasteiger charge is -2.13. The monoisotopic (exact) mass is 376 g/mol. The van der Waals surface area contributed by atoms with Gasteiger partial charge in [-0.2, -0.15) is 0 Å². The first-order valence-electron chi connectivity index (χ1n) is 7.12. The van der Waals surface area contributed by atoms with Crippen LogP contribution in [0.3, 0.4) is 0 Å². The molecule has 1 aliphatic rings. The highest BCUT2D eigenvalue weighted by molar-refractivity contribution is 9.10. The molecule has 0 heterocycles. The van der Waals surface area contributed by atoms with E-state index in [2.05, 4.69) is 20.7 Å². The smallest absolute Gasteiger partial charge is 0.241 e. The van der Waals surface area contributed by atoms with Gasteiger partial charge in [0.1, 0.15) is 0 Å². The van der Waals surface area contributed by atoms with Crippen molar-refractivity contribution < 1.29 is 13.2 Å². The van der Waals surface area contributed by atoms with Crippen molar-refractivity contribution in [2.75, 3.05) is 13.2 Å². The van der Waals surface area contributed by atoms with Crippen LogP contribution in [-0.4, -0.2) is 27.7 Å². The van der Waals surface area contributed by atoms with Crippen LogP contribution in [0.4, 0.5) is 0 Å². The van der Waals surface area contributed by atoms with Gasteiger partial charge in [0.15, 0.2) is 0 Å². The van der Waals surface area contributed by atoms with Crippen molar-refractivity contribution in [3.05, 3.63) is 28.2 Å². The average Bonchev–Trinajstić information content (AvgIpc) is 2.97. The van der Waals surface area contributed by atoms with Crippen molar-refractivity contribution in [2.24, 2.45) is 5.73 Å². The Morgan fingerprint density at radius 1 is 1.33 bits per heavy atom. The van der Waals surface area contributed by atoms with E-state index in [0.717, 1.165) is 18.4 Å². The molecule has 0 spiro atoms. The molecule has 1 aliphatic carbocycles. The van der Waals surface area contributed by atoms with E-state index in [0.29, 0.717) is 23.7 Å². The number of hydrogen-bond donors (Lipinski definition) is 2. The van der Waals surface area contributed by atoms with Crippen LogP contribution in [0, 0.1) is 0 Å². The summed E-state index contributed by atoms with van der Waals surface area (Å²) in [5, 5.41) is 0. The van der Waals surface area contributed by atoms with E-state index in [1.807, 2.05) is 0 Å². The molecule has 0 radical (unpaired) electrons. The molecule has 0 amide bonds. The normalized spacial score (nSPS) is 16.5. The molecule has 1 aromatic carbocycles. The number of sulfonamides is 1. The van der Waals surface area contributed by atoms with Crippen molar-refractivity contribution in [3.8, 4) is 0 Å². The first kappa shape index (κ1) is 16.9. The van der Waals surface area contributed by atoms with Crippen molar-refractivity contribution >= 4 is 26.0 Å². The van der Waals surface area contributed by atoms with E-state index in [1.165, 1.54) is 12.8 Å². The first-order valence-corrected chi connectivity index (χ1v) is 9.40. The number of halogens is 1. The molecule has 1 aromatic rings. The molecule has 3 N–H and O–H groups in total. The molecule has 21 heavy (non-hydrogen) atoms. The van der Waals surface area contributed by atoms with Gasteiger partial charge in [0, 0.05) is 17.6 Å². The Morgan fingerprint density at radius 2 is 2.05 bits per heavy atom. The number of nitrogens with one attached hydrogen (secondary N) is 1. The summed E-state index contributed by atoms with van der Waals surface area (Å²) in [5.41, 5.74) is 6.33. The summed E-state index contributed by atoms with van der Waals surface area (Å²) in [6.45, 7) is 0.983. The predicted octanol–water partition coefficient (Wildman–Crippen LogP) is 2.15. The van der Waals surface area contributed by atoms with Gasteiger partial charge in [-0.15, -0.1) is 0 Å². The number of rotatable bonds is 7. The lowest BCUT2D eigenvalue weighted by Crippen LogP contribution is -2.29. The van der Waals surface area contributed by atoms with E-state index in [4.69, 9.17) is 10.5 Å². The Morgan fingerprint density at radius 3 is 2.71 bits per heavy atom. The molecule has 1 fully saturated rings. The Kier molecular flexibility index (Phi) is 6.19. The molecule has 0 bridgehead atoms. The zero-order chi connectivity index (χ0) is 15.3. The summed E-state index contributed by atoms with van der Waals surface area (Å²) in [6, 6.07) is 5.09. The molecular formula is C14H21BrN2O3S. The van der Waals surface area contributed by atoms with Crippen LogP contribution >= 0.6 is 15.9 Å². The van der Waals surface area contributed by atoms with Gasteiger partial charge in [-0.1, -0.05) is 18.9 Å². The number of nitrogens with two attached hydrogens (primary N) is 1. The van der Waals surface area contributed by atoms with Gasteiger partial charge in [0.2, 0.25) is 10.0 Å². The summed E-state index contributed by atoms with van der Waals surface area (Å²) in [6.07, 6.45) is 4.86. The van der Waals surface area contributed by atoms with Crippen LogP contribution in [0.5, 0.6) is 0 Å². The van der Waals surface area contributed by atoms with E-state index in [1.54, 1.807) is 18.2 Å². The second kappa shape index (κ2) is 7.69. The summed E-state index contributed by atoms with van der Waals surface area (Å²) >= 11 is 3.27. The van der Waals surface area contributed by atoms with Crippen molar-refractivity contribution in [2.45, 2.75) is 43.2 Å². The van der Waals surface area contributed by atoms with Gasteiger partial charge >= 0.3 is 0 Å². The molecule has 1 saturated carbocycles. The third-order valence-electron chi connectivity index (χ3n) is 3.57. The van der Waals surface area contributed by atoms with Crippen LogP contribution < -0.4 is 10.5 Å². The lowest BCUT2D eigenvalue weighted by molar-refractivity contribution is 0.0626. The van der Waals surface area contributed by atoms with Crippen LogP contribution in [0.25, 0.3) is 0 Å². The average molecular weight is 377 g/mol. The van der Waals surface area contributed by atoms with E-state index in [-0.39, 0.29) is 11.4 Å². The number of ether oxygens (including phenoxy) is 1. The topological polar surface area (TPSA) is 81.4 Å². The molecule has 118 valence electrons. The molecule has 0 saturated heterocycles. The summed E-state index contributed by atoms with van der Waals surface area (Å²) in [5.74, 6) is 0. The highest BCUT2D eigenvalue weighted by atomic mass is 79.9. The van der Waals surface area contributed by atoms with Gasteiger partial charge in [0.05, 0.1) is 17.6 Å². The highest BCUT2D eigenvalue weighted by Gasteiger charge is 2.19. The van der Waals surface area contributed by atoms with Gasteiger partial charge < -0.3 is 10.5 Å². The van der Waals surface area contributed by atoms with Crippen LogP contribution in [0.2, 0.25) is 0 Å². The summed E-state index contributed by atoms with van der Waals surface area (Å²) in [7, 11) is -3.55. The van der Waals surface area contributed by atoms with Crippen LogP contribution in [-0.2, 0) is 21.3 Å². The molecule has 0 aromatic heterocycles. The van der Waals surface area contributed by atoms with Gasteiger partial charge in [-0.25, -0.2) is 13.1 Å². The molecule has 2 rings (SSSR count). The third-order valence-corrected chi connectivity index (χ3v) is 6.03.